The molecule has 4 rings (SSSR count). The second-order valence-corrected chi connectivity index (χ2v) is 6.84. The summed E-state index contributed by atoms with van der Waals surface area (Å²) in [7, 11) is 0. The van der Waals surface area contributed by atoms with E-state index in [4.69, 9.17) is 9.15 Å². The maximum atomic E-state index is 13.0. The van der Waals surface area contributed by atoms with Crippen molar-refractivity contribution >= 4 is 16.9 Å². The van der Waals surface area contributed by atoms with E-state index in [-0.39, 0.29) is 6.61 Å². The number of nitrogens with zero attached hydrogens (tertiary/aromatic N) is 1. The summed E-state index contributed by atoms with van der Waals surface area (Å²) in [4.78, 5) is 12.2. The number of benzene rings is 2. The second-order valence-electron chi connectivity index (χ2n) is 6.84. The fourth-order valence-electron chi connectivity index (χ4n) is 3.53. The van der Waals surface area contributed by atoms with Crippen LogP contribution < -0.4 is 10.1 Å². The van der Waals surface area contributed by atoms with Gasteiger partial charge in [-0.25, -0.2) is 4.39 Å². The summed E-state index contributed by atoms with van der Waals surface area (Å²) in [6.07, 6.45) is 4.24. The first-order chi connectivity index (χ1) is 13.6. The highest BCUT2D eigenvalue weighted by Crippen LogP contribution is 2.33. The van der Waals surface area contributed by atoms with Gasteiger partial charge in [0.25, 0.3) is 5.91 Å². The smallest absolute Gasteiger partial charge is 0.259 e. The molecule has 0 radical (unpaired) electrons. The Hall–Kier alpha value is -3.33. The SMILES string of the molecule is N#C[C@@H](NC(=O)COc1ccc2oc3c(c2c1)CCCC3)c1ccc(F)cc1. The Balaban J connectivity index is 1.41. The van der Waals surface area contributed by atoms with Gasteiger partial charge in [-0.2, -0.15) is 5.26 Å². The minimum atomic E-state index is -0.861. The number of ether oxygens (including phenoxy) is 1. The molecule has 0 saturated heterocycles. The van der Waals surface area contributed by atoms with Crippen molar-refractivity contribution in [3.8, 4) is 11.8 Å². The summed E-state index contributed by atoms with van der Waals surface area (Å²) in [6.45, 7) is -0.217. The summed E-state index contributed by atoms with van der Waals surface area (Å²) in [5, 5.41) is 12.9. The van der Waals surface area contributed by atoms with Crippen molar-refractivity contribution in [1.29, 1.82) is 5.26 Å². The maximum absolute atomic E-state index is 13.0. The first-order valence-corrected chi connectivity index (χ1v) is 9.25. The van der Waals surface area contributed by atoms with Crippen LogP contribution in [-0.4, -0.2) is 12.5 Å². The van der Waals surface area contributed by atoms with Crippen LogP contribution >= 0.6 is 0 Å². The normalized spacial score (nSPS) is 14.1. The lowest BCUT2D eigenvalue weighted by molar-refractivity contribution is -0.123. The van der Waals surface area contributed by atoms with E-state index >= 15 is 0 Å². The number of carbonyl (C=O) groups excluding carboxylic acids is 1. The van der Waals surface area contributed by atoms with Gasteiger partial charge in [-0.3, -0.25) is 4.79 Å². The number of nitrogens with one attached hydrogen (secondary N) is 1. The molecule has 1 aliphatic carbocycles. The minimum absolute atomic E-state index is 0.217. The van der Waals surface area contributed by atoms with E-state index in [1.165, 1.54) is 29.8 Å². The molecule has 1 aromatic heterocycles. The van der Waals surface area contributed by atoms with E-state index < -0.39 is 17.8 Å². The first-order valence-electron chi connectivity index (χ1n) is 9.25. The summed E-state index contributed by atoms with van der Waals surface area (Å²) in [6, 6.07) is 12.1. The van der Waals surface area contributed by atoms with E-state index in [2.05, 4.69) is 5.32 Å². The van der Waals surface area contributed by atoms with Crippen LogP contribution in [0.15, 0.2) is 46.9 Å². The fraction of sp³-hybridized carbons (Fsp3) is 0.273. The largest absolute Gasteiger partial charge is 0.484 e. The number of aryl methyl sites for hydroxylation is 2. The zero-order valence-corrected chi connectivity index (χ0v) is 15.2. The number of halogens is 1. The number of hydrogen-bond donors (Lipinski definition) is 1. The third-order valence-corrected chi connectivity index (χ3v) is 4.93. The number of fused-ring (bicyclic) bond motifs is 3. The van der Waals surface area contributed by atoms with Crippen molar-refractivity contribution in [2.24, 2.45) is 0 Å². The van der Waals surface area contributed by atoms with Crippen LogP contribution in [0.2, 0.25) is 0 Å². The van der Waals surface area contributed by atoms with Crippen molar-refractivity contribution in [1.82, 2.24) is 5.32 Å². The van der Waals surface area contributed by atoms with Gasteiger partial charge in [-0.1, -0.05) is 12.1 Å². The molecule has 0 fully saturated rings. The maximum Gasteiger partial charge on any atom is 0.259 e. The van der Waals surface area contributed by atoms with E-state index in [0.29, 0.717) is 11.3 Å². The molecule has 28 heavy (non-hydrogen) atoms. The van der Waals surface area contributed by atoms with Crippen molar-refractivity contribution < 1.29 is 18.3 Å². The Morgan fingerprint density at radius 1 is 1.21 bits per heavy atom. The number of nitriles is 1. The van der Waals surface area contributed by atoms with E-state index in [0.717, 1.165) is 42.4 Å². The highest BCUT2D eigenvalue weighted by Gasteiger charge is 2.19. The highest BCUT2D eigenvalue weighted by molar-refractivity contribution is 5.84. The molecule has 5 nitrogen and oxygen atoms in total. The monoisotopic (exact) mass is 378 g/mol. The predicted molar refractivity (Wildman–Crippen MR) is 101 cm³/mol. The van der Waals surface area contributed by atoms with Gasteiger partial charge in [0.1, 0.15) is 29.0 Å². The van der Waals surface area contributed by atoms with Gasteiger partial charge in [0.2, 0.25) is 0 Å². The van der Waals surface area contributed by atoms with Crippen LogP contribution in [0, 0.1) is 17.1 Å². The molecule has 2 aromatic carbocycles. The van der Waals surface area contributed by atoms with E-state index in [1.54, 1.807) is 6.07 Å². The average molecular weight is 378 g/mol. The number of furan rings is 1. The lowest BCUT2D eigenvalue weighted by Gasteiger charge is -2.13. The lowest BCUT2D eigenvalue weighted by Crippen LogP contribution is -2.32. The summed E-state index contributed by atoms with van der Waals surface area (Å²) < 4.78 is 24.5. The molecule has 0 aliphatic heterocycles. The van der Waals surface area contributed by atoms with Gasteiger partial charge in [0, 0.05) is 17.4 Å². The zero-order valence-electron chi connectivity index (χ0n) is 15.2. The average Bonchev–Trinajstić information content (AvgIpc) is 3.09. The lowest BCUT2D eigenvalue weighted by atomic mass is 9.96. The highest BCUT2D eigenvalue weighted by atomic mass is 19.1. The molecule has 0 spiro atoms. The van der Waals surface area contributed by atoms with Crippen molar-refractivity contribution in [2.75, 3.05) is 6.61 Å². The first kappa shape index (κ1) is 18.1. The number of carbonyl (C=O) groups is 1. The Bertz CT molecular complexity index is 1050. The standard InChI is InChI=1S/C22H19FN2O3/c23-15-7-5-14(6-8-15)19(12-24)25-22(26)13-27-16-9-10-21-18(11-16)17-3-1-2-4-20(17)28-21/h5-11,19H,1-4,13H2,(H,25,26)/t19-/m1/s1. The van der Waals surface area contributed by atoms with Crippen LogP contribution in [-0.2, 0) is 17.6 Å². The molecule has 6 heteroatoms. The molecule has 1 N–H and O–H groups in total. The molecule has 1 amide bonds. The molecule has 0 bridgehead atoms. The molecule has 1 aliphatic rings. The Kier molecular flexibility index (Phi) is 4.98. The molecular weight excluding hydrogens is 359 g/mol. The van der Waals surface area contributed by atoms with Crippen LogP contribution in [0.5, 0.6) is 5.75 Å². The third kappa shape index (κ3) is 3.70. The topological polar surface area (TPSA) is 75.3 Å². The van der Waals surface area contributed by atoms with Crippen molar-refractivity contribution in [3.63, 3.8) is 0 Å². The molecule has 1 atom stereocenters. The summed E-state index contributed by atoms with van der Waals surface area (Å²) >= 11 is 0. The Labute approximate surface area is 161 Å². The van der Waals surface area contributed by atoms with E-state index in [1.807, 2.05) is 18.2 Å². The van der Waals surface area contributed by atoms with Gasteiger partial charge in [-0.15, -0.1) is 0 Å². The second kappa shape index (κ2) is 7.73. The summed E-state index contributed by atoms with van der Waals surface area (Å²) in [5.74, 6) is 0.802. The predicted octanol–water partition coefficient (Wildman–Crippen LogP) is 4.21. The fourth-order valence-corrected chi connectivity index (χ4v) is 3.53. The van der Waals surface area contributed by atoms with Crippen LogP contribution in [0.1, 0.15) is 35.8 Å². The van der Waals surface area contributed by atoms with Gasteiger partial charge >= 0.3 is 0 Å². The molecule has 0 unspecified atom stereocenters. The van der Waals surface area contributed by atoms with Gasteiger partial charge in [0.05, 0.1) is 6.07 Å². The van der Waals surface area contributed by atoms with Gasteiger partial charge in [0.15, 0.2) is 6.61 Å². The molecule has 1 heterocycles. The van der Waals surface area contributed by atoms with Gasteiger partial charge < -0.3 is 14.5 Å². The Morgan fingerprint density at radius 3 is 2.79 bits per heavy atom. The van der Waals surface area contributed by atoms with Crippen molar-refractivity contribution in [3.05, 3.63) is 65.2 Å². The number of hydrogen-bond acceptors (Lipinski definition) is 4. The third-order valence-electron chi connectivity index (χ3n) is 4.93. The van der Waals surface area contributed by atoms with E-state index in [9.17, 15) is 14.4 Å². The zero-order chi connectivity index (χ0) is 19.5. The molecule has 3 aromatic rings. The molecule has 0 saturated carbocycles. The number of amides is 1. The van der Waals surface area contributed by atoms with Crippen LogP contribution in [0.3, 0.4) is 0 Å². The van der Waals surface area contributed by atoms with Crippen molar-refractivity contribution in [2.45, 2.75) is 31.7 Å². The van der Waals surface area contributed by atoms with Crippen LogP contribution in [0.4, 0.5) is 4.39 Å². The van der Waals surface area contributed by atoms with Gasteiger partial charge in [-0.05, 0) is 55.2 Å². The molecule has 142 valence electrons. The quantitative estimate of drug-likeness (QED) is 0.722. The number of rotatable bonds is 5. The van der Waals surface area contributed by atoms with Crippen LogP contribution in [0.25, 0.3) is 11.0 Å². The summed E-state index contributed by atoms with van der Waals surface area (Å²) in [5.41, 5.74) is 2.59. The molecular formula is C22H19FN2O3. The minimum Gasteiger partial charge on any atom is -0.484 e. The Morgan fingerprint density at radius 2 is 2.00 bits per heavy atom.